The average Bonchev–Trinajstić information content (AvgIpc) is 3.24. The van der Waals surface area contributed by atoms with Gasteiger partial charge in [-0.15, -0.1) is 0 Å². The van der Waals surface area contributed by atoms with Gasteiger partial charge in [0.05, 0.1) is 25.0 Å². The maximum Gasteiger partial charge on any atom is 0.337 e. The Morgan fingerprint density at radius 2 is 2.15 bits per heavy atom. The quantitative estimate of drug-likeness (QED) is 0.509. The lowest BCUT2D eigenvalue weighted by molar-refractivity contribution is 0.0600. The minimum absolute atomic E-state index is 0.321. The van der Waals surface area contributed by atoms with Crippen molar-refractivity contribution in [2.75, 3.05) is 27.2 Å². The lowest BCUT2D eigenvalue weighted by atomic mass is 9.93. The third kappa shape index (κ3) is 4.48. The van der Waals surface area contributed by atoms with E-state index in [1.54, 1.807) is 12.1 Å². The number of nitrogens with one attached hydrogen (secondary N) is 1. The number of likely N-dealkylation sites (tertiary alicyclic amines) is 1. The maximum absolute atomic E-state index is 11.5. The average molecular weight is 369 g/mol. The van der Waals surface area contributed by atoms with Crippen LogP contribution in [-0.4, -0.2) is 53.6 Å². The first-order valence-corrected chi connectivity index (χ1v) is 9.22. The molecular weight excluding hydrogens is 342 g/mol. The molecule has 2 heterocycles. The Morgan fingerprint density at radius 1 is 1.37 bits per heavy atom. The van der Waals surface area contributed by atoms with Crippen LogP contribution >= 0.6 is 0 Å². The molecule has 0 radical (unpaired) electrons. The highest BCUT2D eigenvalue weighted by molar-refractivity contribution is 5.89. The molecule has 27 heavy (non-hydrogen) atoms. The van der Waals surface area contributed by atoms with Crippen LogP contribution < -0.4 is 5.32 Å². The van der Waals surface area contributed by atoms with Crippen LogP contribution in [0.3, 0.4) is 0 Å². The van der Waals surface area contributed by atoms with Gasteiger partial charge < -0.3 is 19.5 Å². The number of hydrogen-bond acceptors (Lipinski definition) is 4. The van der Waals surface area contributed by atoms with E-state index < -0.39 is 0 Å². The van der Waals surface area contributed by atoms with Crippen molar-refractivity contribution < 1.29 is 9.53 Å². The zero-order chi connectivity index (χ0) is 19.2. The third-order valence-electron chi connectivity index (χ3n) is 5.16. The highest BCUT2D eigenvalue weighted by Gasteiger charge is 2.28. The van der Waals surface area contributed by atoms with Gasteiger partial charge in [-0.1, -0.05) is 19.1 Å². The molecule has 1 aromatic heterocycles. The smallest absolute Gasteiger partial charge is 0.337 e. The van der Waals surface area contributed by atoms with Gasteiger partial charge in [-0.2, -0.15) is 0 Å². The molecule has 1 saturated heterocycles. The van der Waals surface area contributed by atoms with Crippen molar-refractivity contribution in [3.8, 4) is 0 Å². The van der Waals surface area contributed by atoms with Gasteiger partial charge in [0, 0.05) is 39.1 Å². The number of methoxy groups -OCH3 is 1. The van der Waals surface area contributed by atoms with Gasteiger partial charge in [0.25, 0.3) is 0 Å². The van der Waals surface area contributed by atoms with Crippen molar-refractivity contribution in [1.29, 1.82) is 0 Å². The summed E-state index contributed by atoms with van der Waals surface area (Å²) in [5.74, 6) is 1.17. The molecule has 1 fully saturated rings. The summed E-state index contributed by atoms with van der Waals surface area (Å²) in [5, 5.41) is 3.43. The van der Waals surface area contributed by atoms with Crippen LogP contribution in [0.15, 0.2) is 48.0 Å². The predicted octanol–water partition coefficient (Wildman–Crippen LogP) is 2.33. The van der Waals surface area contributed by atoms with E-state index in [1.807, 2.05) is 37.9 Å². The molecule has 3 rings (SSSR count). The minimum atomic E-state index is -0.321. The van der Waals surface area contributed by atoms with Gasteiger partial charge in [0.15, 0.2) is 5.96 Å². The van der Waals surface area contributed by atoms with Crippen molar-refractivity contribution in [3.63, 3.8) is 0 Å². The zero-order valence-electron chi connectivity index (χ0n) is 16.1. The number of nitrogens with zero attached hydrogens (tertiary/aromatic N) is 4. The van der Waals surface area contributed by atoms with Crippen LogP contribution in [0.2, 0.25) is 0 Å². The van der Waals surface area contributed by atoms with Crippen LogP contribution in [0.1, 0.15) is 35.3 Å². The first-order chi connectivity index (χ1) is 13.1. The molecular formula is C20H27N5O2. The molecule has 1 aromatic carbocycles. The van der Waals surface area contributed by atoms with Crippen LogP contribution in [0.25, 0.3) is 0 Å². The Hall–Kier alpha value is -2.83. The topological polar surface area (TPSA) is 71.8 Å². The molecule has 0 aliphatic carbocycles. The predicted molar refractivity (Wildman–Crippen MR) is 105 cm³/mol. The number of hydrogen-bond donors (Lipinski definition) is 1. The summed E-state index contributed by atoms with van der Waals surface area (Å²) in [6.45, 7) is 4.82. The summed E-state index contributed by atoms with van der Waals surface area (Å²) in [5.41, 5.74) is 1.64. The number of rotatable bonds is 4. The van der Waals surface area contributed by atoms with Gasteiger partial charge in [-0.05, 0) is 30.0 Å². The van der Waals surface area contributed by atoms with Gasteiger partial charge in [0.2, 0.25) is 0 Å². The van der Waals surface area contributed by atoms with Gasteiger partial charge >= 0.3 is 5.97 Å². The summed E-state index contributed by atoms with van der Waals surface area (Å²) in [6, 6.07) is 7.81. The SMILES string of the molecule is CN=C(NCc1ccc(C(=O)OC)cc1)N1CCC(C)C(n2ccnc2)C1. The number of piperidine rings is 1. The largest absolute Gasteiger partial charge is 0.465 e. The summed E-state index contributed by atoms with van der Waals surface area (Å²) in [4.78, 5) is 22.5. The number of aliphatic imine (C=N–C) groups is 1. The number of carbonyl (C=O) groups excluding carboxylic acids is 1. The second-order valence-electron chi connectivity index (χ2n) is 6.88. The molecule has 7 heteroatoms. The van der Waals surface area contributed by atoms with E-state index in [0.717, 1.165) is 31.0 Å². The van der Waals surface area contributed by atoms with Crippen molar-refractivity contribution >= 4 is 11.9 Å². The monoisotopic (exact) mass is 369 g/mol. The van der Waals surface area contributed by atoms with Crippen molar-refractivity contribution in [3.05, 3.63) is 54.1 Å². The minimum Gasteiger partial charge on any atom is -0.465 e. The molecule has 144 valence electrons. The molecule has 1 N–H and O–H groups in total. The number of guanidine groups is 1. The molecule has 7 nitrogen and oxygen atoms in total. The highest BCUT2D eigenvalue weighted by Crippen LogP contribution is 2.27. The first kappa shape index (κ1) is 18.9. The maximum atomic E-state index is 11.5. The van der Waals surface area contributed by atoms with Crippen molar-refractivity contribution in [1.82, 2.24) is 19.8 Å². The van der Waals surface area contributed by atoms with Crippen LogP contribution in [0.4, 0.5) is 0 Å². The Kier molecular flexibility index (Phi) is 6.11. The Bertz CT molecular complexity index is 770. The Labute approximate surface area is 160 Å². The van der Waals surface area contributed by atoms with Gasteiger partial charge in [0.1, 0.15) is 0 Å². The van der Waals surface area contributed by atoms with E-state index in [9.17, 15) is 4.79 Å². The van der Waals surface area contributed by atoms with Gasteiger partial charge in [-0.3, -0.25) is 4.99 Å². The molecule has 2 aromatic rings. The van der Waals surface area contributed by atoms with Gasteiger partial charge in [-0.25, -0.2) is 9.78 Å². The standard InChI is InChI=1S/C20H27N5O2/c1-15-8-10-24(13-18(15)25-11-9-22-14-25)20(21-2)23-12-16-4-6-17(7-5-16)19(26)27-3/h4-7,9,11,14-15,18H,8,10,12-13H2,1-3H3,(H,21,23). The molecule has 0 spiro atoms. The second-order valence-corrected chi connectivity index (χ2v) is 6.88. The molecule has 1 aliphatic heterocycles. The lowest BCUT2D eigenvalue weighted by Crippen LogP contribution is -2.48. The van der Waals surface area contributed by atoms with E-state index in [4.69, 9.17) is 4.74 Å². The summed E-state index contributed by atoms with van der Waals surface area (Å²) in [6.07, 6.45) is 6.86. The molecule has 2 unspecified atom stereocenters. The number of aromatic nitrogens is 2. The lowest BCUT2D eigenvalue weighted by Gasteiger charge is -2.39. The molecule has 1 aliphatic rings. The normalized spacial score (nSPS) is 20.4. The van der Waals surface area contributed by atoms with Crippen molar-refractivity contribution in [2.24, 2.45) is 10.9 Å². The Balaban J connectivity index is 1.61. The first-order valence-electron chi connectivity index (χ1n) is 9.22. The summed E-state index contributed by atoms with van der Waals surface area (Å²) >= 11 is 0. The van der Waals surface area contributed by atoms with E-state index in [0.29, 0.717) is 24.1 Å². The number of ether oxygens (including phenoxy) is 1. The summed E-state index contributed by atoms with van der Waals surface area (Å²) < 4.78 is 6.92. The molecule has 0 amide bonds. The van der Waals surface area contributed by atoms with Crippen LogP contribution in [0.5, 0.6) is 0 Å². The number of imidazole rings is 1. The van der Waals surface area contributed by atoms with Crippen LogP contribution in [-0.2, 0) is 11.3 Å². The van der Waals surface area contributed by atoms with E-state index in [1.165, 1.54) is 7.11 Å². The fourth-order valence-electron chi connectivity index (χ4n) is 3.48. The van der Waals surface area contributed by atoms with Crippen molar-refractivity contribution in [2.45, 2.75) is 25.9 Å². The van der Waals surface area contributed by atoms with E-state index in [2.05, 4.69) is 31.7 Å². The zero-order valence-corrected chi connectivity index (χ0v) is 16.1. The Morgan fingerprint density at radius 3 is 2.78 bits per heavy atom. The third-order valence-corrected chi connectivity index (χ3v) is 5.16. The second kappa shape index (κ2) is 8.70. The fraction of sp³-hybridized carbons (Fsp3) is 0.450. The molecule has 2 atom stereocenters. The van der Waals surface area contributed by atoms with E-state index in [-0.39, 0.29) is 5.97 Å². The molecule has 0 bridgehead atoms. The number of benzene rings is 1. The van der Waals surface area contributed by atoms with E-state index >= 15 is 0 Å². The number of carbonyl (C=O) groups is 1. The number of esters is 1. The fourth-order valence-corrected chi connectivity index (χ4v) is 3.48. The molecule has 0 saturated carbocycles. The highest BCUT2D eigenvalue weighted by atomic mass is 16.5. The summed E-state index contributed by atoms with van der Waals surface area (Å²) in [7, 11) is 3.20. The van der Waals surface area contributed by atoms with Crippen LogP contribution in [0, 0.1) is 5.92 Å².